The summed E-state index contributed by atoms with van der Waals surface area (Å²) < 4.78 is 103. The molecule has 0 aliphatic heterocycles. The smallest absolute Gasteiger partial charge is 0.143 e. The van der Waals surface area contributed by atoms with E-state index >= 15 is 0 Å². The molecule has 0 amide bonds. The van der Waals surface area contributed by atoms with Crippen molar-refractivity contribution in [1.29, 1.82) is 0 Å². The molecular formula is C44H26O. The van der Waals surface area contributed by atoms with Gasteiger partial charge in [-0.2, -0.15) is 0 Å². The topological polar surface area (TPSA) is 13.1 Å². The van der Waals surface area contributed by atoms with Crippen LogP contribution in [0.3, 0.4) is 0 Å². The van der Waals surface area contributed by atoms with Crippen molar-refractivity contribution in [3.63, 3.8) is 0 Å². The van der Waals surface area contributed by atoms with Crippen LogP contribution in [-0.4, -0.2) is 0 Å². The van der Waals surface area contributed by atoms with Gasteiger partial charge in [0.1, 0.15) is 11.2 Å². The van der Waals surface area contributed by atoms with Crippen LogP contribution in [-0.2, 0) is 0 Å². The van der Waals surface area contributed by atoms with Gasteiger partial charge in [-0.1, -0.05) is 151 Å². The SMILES string of the molecule is [2H]c1c([2H])c(-c2c([2H])c([2H])c([2H])c3c([2H])c([2H])c([2H])c([2H])c23)c([2H])c([2H])c1-c1ccc2ccc3ccc(-c4cccc5c4oc4ccccc45)c4ccc1c2c34. The third-order valence-electron chi connectivity index (χ3n) is 8.82. The van der Waals surface area contributed by atoms with Gasteiger partial charge in [-0.05, 0) is 77.0 Å². The van der Waals surface area contributed by atoms with Crippen molar-refractivity contribution in [3.05, 3.63) is 157 Å². The highest BCUT2D eigenvalue weighted by Crippen LogP contribution is 2.44. The van der Waals surface area contributed by atoms with Gasteiger partial charge >= 0.3 is 0 Å². The number of rotatable bonds is 3. The predicted molar refractivity (Wildman–Crippen MR) is 191 cm³/mol. The number of furan rings is 1. The van der Waals surface area contributed by atoms with Crippen molar-refractivity contribution in [2.24, 2.45) is 0 Å². The summed E-state index contributed by atoms with van der Waals surface area (Å²) in [4.78, 5) is 0. The average molecular weight is 582 g/mol. The molecule has 0 aliphatic rings. The molecule has 10 rings (SSSR count). The number of fused-ring (bicyclic) bond motifs is 4. The molecule has 9 aromatic carbocycles. The summed E-state index contributed by atoms with van der Waals surface area (Å²) in [5, 5.41) is 6.86. The zero-order valence-corrected chi connectivity index (χ0v) is 23.6. The Bertz CT molecular complexity index is 3350. The molecule has 0 aliphatic carbocycles. The maximum Gasteiger partial charge on any atom is 0.143 e. The minimum absolute atomic E-state index is 0.0231. The molecule has 10 aromatic rings. The fourth-order valence-corrected chi connectivity index (χ4v) is 6.79. The summed E-state index contributed by atoms with van der Waals surface area (Å²) in [6.45, 7) is 0. The van der Waals surface area contributed by atoms with E-state index in [9.17, 15) is 5.48 Å². The highest BCUT2D eigenvalue weighted by molar-refractivity contribution is 6.28. The van der Waals surface area contributed by atoms with Gasteiger partial charge in [0.25, 0.3) is 0 Å². The standard InChI is InChI=1S/C44H26O/c1-2-9-32-27(7-1)8-5-11-33(32)28-15-17-29(18-16-28)34-23-21-30-19-20-31-22-24-35(38-26-25-37(34)42(30)43(31)38)39-12-6-13-40-36-10-3-4-14-41(36)45-44(39)40/h1-26H/i1D,2D,5D,7D,8D,9D,11D,15D,16D,17D,18D. The Kier molecular flexibility index (Phi) is 3.35. The molecule has 1 nitrogen and oxygen atoms in total. The fourth-order valence-electron chi connectivity index (χ4n) is 6.79. The Labute approximate surface area is 275 Å². The number of hydrogen-bond acceptors (Lipinski definition) is 1. The van der Waals surface area contributed by atoms with E-state index in [-0.39, 0.29) is 27.5 Å². The lowest BCUT2D eigenvalue weighted by Crippen LogP contribution is -1.90. The maximum atomic E-state index is 9.31. The highest BCUT2D eigenvalue weighted by atomic mass is 16.3. The molecule has 0 spiro atoms. The lowest BCUT2D eigenvalue weighted by atomic mass is 9.86. The van der Waals surface area contributed by atoms with Crippen LogP contribution in [0.1, 0.15) is 15.1 Å². The van der Waals surface area contributed by atoms with Crippen molar-refractivity contribution in [2.45, 2.75) is 0 Å². The van der Waals surface area contributed by atoms with Crippen LogP contribution in [0.5, 0.6) is 0 Å². The van der Waals surface area contributed by atoms with Crippen LogP contribution >= 0.6 is 0 Å². The van der Waals surface area contributed by atoms with E-state index in [4.69, 9.17) is 14.0 Å². The van der Waals surface area contributed by atoms with Gasteiger partial charge in [0, 0.05) is 16.3 Å². The van der Waals surface area contributed by atoms with Crippen molar-refractivity contribution < 1.29 is 19.5 Å². The van der Waals surface area contributed by atoms with Gasteiger partial charge < -0.3 is 4.42 Å². The molecule has 0 radical (unpaired) electrons. The largest absolute Gasteiger partial charge is 0.455 e. The minimum atomic E-state index is -0.652. The Hall–Kier alpha value is -5.92. The summed E-state index contributed by atoms with van der Waals surface area (Å²) in [7, 11) is 0. The van der Waals surface area contributed by atoms with Crippen LogP contribution in [0.4, 0.5) is 0 Å². The second-order valence-corrected chi connectivity index (χ2v) is 11.2. The fraction of sp³-hybridized carbons (Fsp3) is 0. The highest BCUT2D eigenvalue weighted by Gasteiger charge is 2.18. The molecule has 1 heterocycles. The number of para-hydroxylation sites is 2. The summed E-state index contributed by atoms with van der Waals surface area (Å²) in [5.41, 5.74) is 3.25. The molecular weight excluding hydrogens is 544 g/mol. The van der Waals surface area contributed by atoms with Crippen molar-refractivity contribution >= 4 is 65.0 Å². The lowest BCUT2D eigenvalue weighted by Gasteiger charge is -2.17. The Morgan fingerprint density at radius 2 is 1.02 bits per heavy atom. The lowest BCUT2D eigenvalue weighted by molar-refractivity contribution is 0.670. The van der Waals surface area contributed by atoms with E-state index < -0.39 is 66.5 Å². The summed E-state index contributed by atoms with van der Waals surface area (Å²) >= 11 is 0. The molecule has 1 aromatic heterocycles. The van der Waals surface area contributed by atoms with E-state index in [0.29, 0.717) is 10.9 Å². The number of benzene rings is 9. The first-order valence-corrected chi connectivity index (χ1v) is 14.6. The van der Waals surface area contributed by atoms with E-state index in [0.717, 1.165) is 60.0 Å². The molecule has 0 bridgehead atoms. The van der Waals surface area contributed by atoms with Gasteiger partial charge in [0.2, 0.25) is 0 Å². The third-order valence-corrected chi connectivity index (χ3v) is 8.82. The van der Waals surface area contributed by atoms with Gasteiger partial charge in [-0.15, -0.1) is 0 Å². The molecule has 1 heteroatoms. The zero-order valence-electron chi connectivity index (χ0n) is 34.6. The molecule has 0 saturated heterocycles. The van der Waals surface area contributed by atoms with Gasteiger partial charge in [0.05, 0.1) is 15.1 Å². The molecule has 208 valence electrons. The second-order valence-electron chi connectivity index (χ2n) is 11.2. The molecule has 0 fully saturated rings. The molecule has 0 atom stereocenters. The normalized spacial score (nSPS) is 15.4. The van der Waals surface area contributed by atoms with Gasteiger partial charge in [-0.3, -0.25) is 0 Å². The predicted octanol–water partition coefficient (Wildman–Crippen LogP) is 12.6. The first kappa shape index (κ1) is 16.2. The van der Waals surface area contributed by atoms with Crippen LogP contribution in [0.15, 0.2) is 162 Å². The van der Waals surface area contributed by atoms with Crippen LogP contribution in [0.2, 0.25) is 0 Å². The van der Waals surface area contributed by atoms with Crippen LogP contribution in [0, 0.1) is 0 Å². The molecule has 45 heavy (non-hydrogen) atoms. The van der Waals surface area contributed by atoms with E-state index in [2.05, 4.69) is 24.3 Å². The maximum absolute atomic E-state index is 9.31. The monoisotopic (exact) mass is 581 g/mol. The van der Waals surface area contributed by atoms with Crippen molar-refractivity contribution in [1.82, 2.24) is 0 Å². The van der Waals surface area contributed by atoms with E-state index in [1.165, 1.54) is 0 Å². The molecule has 0 unspecified atom stereocenters. The zero-order chi connectivity index (χ0) is 39.1. The minimum Gasteiger partial charge on any atom is -0.455 e. The first-order chi connectivity index (χ1) is 26.9. The third kappa shape index (κ3) is 3.56. The van der Waals surface area contributed by atoms with Gasteiger partial charge in [-0.25, -0.2) is 0 Å². The summed E-state index contributed by atoms with van der Waals surface area (Å²) in [5.74, 6) is 0. The van der Waals surface area contributed by atoms with Crippen molar-refractivity contribution in [2.75, 3.05) is 0 Å². The average Bonchev–Trinajstić information content (AvgIpc) is 3.60. The van der Waals surface area contributed by atoms with E-state index in [1.54, 1.807) is 6.07 Å². The van der Waals surface area contributed by atoms with Crippen LogP contribution < -0.4 is 0 Å². The second kappa shape index (κ2) is 9.29. The summed E-state index contributed by atoms with van der Waals surface area (Å²) in [6, 6.07) is 23.7. The first-order valence-electron chi connectivity index (χ1n) is 20.1. The van der Waals surface area contributed by atoms with Crippen LogP contribution in [0.25, 0.3) is 98.4 Å². The van der Waals surface area contributed by atoms with Crippen molar-refractivity contribution in [3.8, 4) is 33.4 Å². The Morgan fingerprint density at radius 1 is 0.378 bits per heavy atom. The van der Waals surface area contributed by atoms with E-state index in [1.807, 2.05) is 60.7 Å². The number of hydrogen-bond donors (Lipinski definition) is 0. The Morgan fingerprint density at radius 3 is 1.84 bits per heavy atom. The van der Waals surface area contributed by atoms with Gasteiger partial charge in [0.15, 0.2) is 0 Å². The molecule has 0 saturated carbocycles. The Balaban J connectivity index is 1.24. The molecule has 0 N–H and O–H groups in total. The summed E-state index contributed by atoms with van der Waals surface area (Å²) in [6.07, 6.45) is 0. The quantitative estimate of drug-likeness (QED) is 0.189.